The minimum absolute atomic E-state index is 0.0949. The fraction of sp³-hybridized carbons (Fsp3) is 0.375. The van der Waals surface area contributed by atoms with Crippen LogP contribution in [0.4, 0.5) is 0 Å². The summed E-state index contributed by atoms with van der Waals surface area (Å²) < 4.78 is 0. The molecular formula is C16H20N2O2. The standard InChI is InChI=1S/C16H20N2O2/c1-3-8-18(9-4-2)16(20)14(12-17)10-13-6-5-7-15(19)11-13/h5-7,10-11,19H,3-4,8-9H2,1-2H3/b14-10+. The van der Waals surface area contributed by atoms with Crippen LogP contribution in [0.1, 0.15) is 32.3 Å². The molecule has 0 aliphatic rings. The van der Waals surface area contributed by atoms with Crippen LogP contribution in [0.2, 0.25) is 0 Å². The van der Waals surface area contributed by atoms with E-state index in [9.17, 15) is 15.2 Å². The van der Waals surface area contributed by atoms with Crippen LogP contribution in [0.25, 0.3) is 6.08 Å². The van der Waals surface area contributed by atoms with Gasteiger partial charge in [-0.3, -0.25) is 4.79 Å². The maximum absolute atomic E-state index is 12.3. The molecule has 1 aromatic rings. The predicted octanol–water partition coefficient (Wildman–Crippen LogP) is 2.95. The van der Waals surface area contributed by atoms with Crippen LogP contribution < -0.4 is 0 Å². The summed E-state index contributed by atoms with van der Waals surface area (Å²) in [6.45, 7) is 5.29. The molecule has 0 aliphatic heterocycles. The van der Waals surface area contributed by atoms with Gasteiger partial charge in [0.05, 0.1) is 0 Å². The van der Waals surface area contributed by atoms with E-state index in [2.05, 4.69) is 0 Å². The fourth-order valence-electron chi connectivity index (χ4n) is 1.95. The van der Waals surface area contributed by atoms with Gasteiger partial charge < -0.3 is 10.0 Å². The molecule has 1 aromatic carbocycles. The van der Waals surface area contributed by atoms with Crippen LogP contribution >= 0.6 is 0 Å². The van der Waals surface area contributed by atoms with Crippen molar-refractivity contribution in [1.82, 2.24) is 4.90 Å². The van der Waals surface area contributed by atoms with E-state index in [1.54, 1.807) is 23.1 Å². The number of nitrogens with zero attached hydrogens (tertiary/aromatic N) is 2. The normalized spacial score (nSPS) is 10.9. The molecule has 1 N–H and O–H groups in total. The van der Waals surface area contributed by atoms with Crippen molar-refractivity contribution in [3.05, 3.63) is 35.4 Å². The van der Waals surface area contributed by atoms with Crippen LogP contribution in [0.3, 0.4) is 0 Å². The first-order chi connectivity index (χ1) is 9.62. The summed E-state index contributed by atoms with van der Waals surface area (Å²) in [7, 11) is 0. The number of hydrogen-bond acceptors (Lipinski definition) is 3. The maximum atomic E-state index is 12.3. The van der Waals surface area contributed by atoms with E-state index in [0.717, 1.165) is 12.8 Å². The molecule has 0 spiro atoms. The molecular weight excluding hydrogens is 252 g/mol. The van der Waals surface area contributed by atoms with Crippen molar-refractivity contribution in [3.63, 3.8) is 0 Å². The zero-order chi connectivity index (χ0) is 15.0. The van der Waals surface area contributed by atoms with Gasteiger partial charge in [-0.15, -0.1) is 0 Å². The highest BCUT2D eigenvalue weighted by molar-refractivity contribution is 6.01. The topological polar surface area (TPSA) is 64.3 Å². The van der Waals surface area contributed by atoms with E-state index in [0.29, 0.717) is 18.7 Å². The van der Waals surface area contributed by atoms with Crippen molar-refractivity contribution in [2.24, 2.45) is 0 Å². The van der Waals surface area contributed by atoms with Crippen LogP contribution in [-0.4, -0.2) is 29.0 Å². The Bertz CT molecular complexity index is 524. The molecule has 106 valence electrons. The number of nitriles is 1. The van der Waals surface area contributed by atoms with Crippen molar-refractivity contribution in [3.8, 4) is 11.8 Å². The summed E-state index contributed by atoms with van der Waals surface area (Å²) in [6, 6.07) is 8.45. The summed E-state index contributed by atoms with van der Waals surface area (Å²) in [6.07, 6.45) is 3.23. The molecule has 4 heteroatoms. The van der Waals surface area contributed by atoms with Gasteiger partial charge in [-0.2, -0.15) is 5.26 Å². The van der Waals surface area contributed by atoms with Gasteiger partial charge >= 0.3 is 0 Å². The summed E-state index contributed by atoms with van der Waals surface area (Å²) in [4.78, 5) is 14.0. The Hall–Kier alpha value is -2.28. The molecule has 0 fully saturated rings. The molecule has 20 heavy (non-hydrogen) atoms. The molecule has 1 rings (SSSR count). The number of carbonyl (C=O) groups is 1. The second kappa shape index (κ2) is 8.00. The van der Waals surface area contributed by atoms with Crippen molar-refractivity contribution in [1.29, 1.82) is 5.26 Å². The summed E-state index contributed by atoms with van der Waals surface area (Å²) >= 11 is 0. The Morgan fingerprint density at radius 3 is 2.50 bits per heavy atom. The van der Waals surface area contributed by atoms with Crippen molar-refractivity contribution in [2.75, 3.05) is 13.1 Å². The average molecular weight is 272 g/mol. The van der Waals surface area contributed by atoms with E-state index in [4.69, 9.17) is 0 Å². The lowest BCUT2D eigenvalue weighted by atomic mass is 10.1. The number of benzene rings is 1. The average Bonchev–Trinajstić information content (AvgIpc) is 2.44. The van der Waals surface area contributed by atoms with E-state index >= 15 is 0 Å². The molecule has 0 saturated heterocycles. The molecule has 0 saturated carbocycles. The lowest BCUT2D eigenvalue weighted by Gasteiger charge is -2.20. The van der Waals surface area contributed by atoms with Gasteiger partial charge in [-0.05, 0) is 36.6 Å². The zero-order valence-electron chi connectivity index (χ0n) is 12.0. The number of phenols is 1. The van der Waals surface area contributed by atoms with Crippen LogP contribution in [-0.2, 0) is 4.79 Å². The van der Waals surface area contributed by atoms with Gasteiger partial charge in [-0.1, -0.05) is 26.0 Å². The molecule has 0 bridgehead atoms. The highest BCUT2D eigenvalue weighted by Crippen LogP contribution is 2.15. The predicted molar refractivity (Wildman–Crippen MR) is 78.9 cm³/mol. The third-order valence-electron chi connectivity index (χ3n) is 2.81. The Labute approximate surface area is 119 Å². The Balaban J connectivity index is 2.99. The van der Waals surface area contributed by atoms with Gasteiger partial charge in [0.25, 0.3) is 5.91 Å². The Morgan fingerprint density at radius 1 is 1.35 bits per heavy atom. The molecule has 0 aromatic heterocycles. The van der Waals surface area contributed by atoms with E-state index in [1.165, 1.54) is 12.1 Å². The number of hydrogen-bond donors (Lipinski definition) is 1. The highest BCUT2D eigenvalue weighted by Gasteiger charge is 2.16. The maximum Gasteiger partial charge on any atom is 0.264 e. The van der Waals surface area contributed by atoms with Crippen molar-refractivity contribution >= 4 is 12.0 Å². The van der Waals surface area contributed by atoms with Crippen molar-refractivity contribution < 1.29 is 9.90 Å². The van der Waals surface area contributed by atoms with E-state index in [1.807, 2.05) is 19.9 Å². The molecule has 0 aliphatic carbocycles. The number of aromatic hydroxyl groups is 1. The lowest BCUT2D eigenvalue weighted by Crippen LogP contribution is -2.33. The second-order valence-electron chi connectivity index (χ2n) is 4.56. The lowest BCUT2D eigenvalue weighted by molar-refractivity contribution is -0.126. The Kier molecular flexibility index (Phi) is 6.31. The fourth-order valence-corrected chi connectivity index (χ4v) is 1.95. The number of rotatable bonds is 6. The number of carbonyl (C=O) groups excluding carboxylic acids is 1. The molecule has 0 heterocycles. The van der Waals surface area contributed by atoms with Crippen LogP contribution in [0.15, 0.2) is 29.8 Å². The van der Waals surface area contributed by atoms with Gasteiger partial charge in [-0.25, -0.2) is 0 Å². The second-order valence-corrected chi connectivity index (χ2v) is 4.56. The summed E-state index contributed by atoms with van der Waals surface area (Å²) in [5.41, 5.74) is 0.736. The number of amides is 1. The smallest absolute Gasteiger partial charge is 0.264 e. The molecule has 4 nitrogen and oxygen atoms in total. The zero-order valence-corrected chi connectivity index (χ0v) is 12.0. The molecule has 0 unspecified atom stereocenters. The molecule has 1 amide bonds. The minimum Gasteiger partial charge on any atom is -0.508 e. The monoisotopic (exact) mass is 272 g/mol. The molecule has 0 atom stereocenters. The first-order valence-electron chi connectivity index (χ1n) is 6.82. The van der Waals surface area contributed by atoms with Gasteiger partial charge in [0.15, 0.2) is 0 Å². The quantitative estimate of drug-likeness (QED) is 0.639. The SMILES string of the molecule is CCCN(CCC)C(=O)/C(C#N)=C/c1cccc(O)c1. The van der Waals surface area contributed by atoms with Gasteiger partial charge in [0.2, 0.25) is 0 Å². The van der Waals surface area contributed by atoms with E-state index < -0.39 is 0 Å². The van der Waals surface area contributed by atoms with Crippen LogP contribution in [0, 0.1) is 11.3 Å². The largest absolute Gasteiger partial charge is 0.508 e. The first kappa shape index (κ1) is 15.8. The third kappa shape index (κ3) is 4.43. The van der Waals surface area contributed by atoms with E-state index in [-0.39, 0.29) is 17.2 Å². The van der Waals surface area contributed by atoms with Crippen LogP contribution in [0.5, 0.6) is 5.75 Å². The summed E-state index contributed by atoms with van der Waals surface area (Å²) in [5, 5.41) is 18.6. The third-order valence-corrected chi connectivity index (χ3v) is 2.81. The van der Waals surface area contributed by atoms with Crippen molar-refractivity contribution in [2.45, 2.75) is 26.7 Å². The molecule has 0 radical (unpaired) electrons. The van der Waals surface area contributed by atoms with Gasteiger partial charge in [0, 0.05) is 13.1 Å². The number of phenolic OH excluding ortho intramolecular Hbond substituents is 1. The van der Waals surface area contributed by atoms with Gasteiger partial charge in [0.1, 0.15) is 17.4 Å². The Morgan fingerprint density at radius 2 is 2.00 bits per heavy atom. The summed E-state index contributed by atoms with van der Waals surface area (Å²) in [5.74, 6) is -0.137. The minimum atomic E-state index is -0.250. The highest BCUT2D eigenvalue weighted by atomic mass is 16.3. The first-order valence-corrected chi connectivity index (χ1v) is 6.82.